The first-order valence-electron chi connectivity index (χ1n) is 5.32. The van der Waals surface area contributed by atoms with Crippen LogP contribution in [0.5, 0.6) is 0 Å². The van der Waals surface area contributed by atoms with Gasteiger partial charge in [0.15, 0.2) is 0 Å². The summed E-state index contributed by atoms with van der Waals surface area (Å²) >= 11 is 0. The third-order valence-electron chi connectivity index (χ3n) is 3.27. The van der Waals surface area contributed by atoms with Gasteiger partial charge < -0.3 is 4.79 Å². The minimum absolute atomic E-state index is 0.549. The van der Waals surface area contributed by atoms with Gasteiger partial charge in [0.1, 0.15) is 6.29 Å². The third-order valence-corrected chi connectivity index (χ3v) is 3.27. The summed E-state index contributed by atoms with van der Waals surface area (Å²) in [5.74, 6) is 0. The quantitative estimate of drug-likeness (QED) is 0.367. The SMILES string of the molecule is CCC1(C)CC/C(=C/CCC=O)C1. The maximum absolute atomic E-state index is 10.1. The summed E-state index contributed by atoms with van der Waals surface area (Å²) < 4.78 is 0. The molecule has 0 aliphatic heterocycles. The van der Waals surface area contributed by atoms with Gasteiger partial charge in [-0.15, -0.1) is 0 Å². The van der Waals surface area contributed by atoms with E-state index in [1.54, 1.807) is 5.57 Å². The van der Waals surface area contributed by atoms with Crippen molar-refractivity contribution in [3.05, 3.63) is 11.6 Å². The summed E-state index contributed by atoms with van der Waals surface area (Å²) in [6.45, 7) is 4.64. The van der Waals surface area contributed by atoms with Gasteiger partial charge in [-0.25, -0.2) is 0 Å². The van der Waals surface area contributed by atoms with Crippen LogP contribution in [0.1, 0.15) is 52.4 Å². The van der Waals surface area contributed by atoms with Crippen molar-refractivity contribution in [2.75, 3.05) is 0 Å². The Bertz CT molecular complexity index is 205. The van der Waals surface area contributed by atoms with Crippen LogP contribution in [-0.2, 0) is 4.79 Å². The molecule has 0 aromatic carbocycles. The van der Waals surface area contributed by atoms with Crippen LogP contribution in [0.3, 0.4) is 0 Å². The van der Waals surface area contributed by atoms with Crippen molar-refractivity contribution in [1.82, 2.24) is 0 Å². The maximum Gasteiger partial charge on any atom is 0.120 e. The Morgan fingerprint density at radius 2 is 2.23 bits per heavy atom. The number of aldehydes is 1. The molecule has 0 aromatic rings. The number of carbonyl (C=O) groups excluding carboxylic acids is 1. The Balaban J connectivity index is 2.39. The van der Waals surface area contributed by atoms with Gasteiger partial charge in [0.05, 0.1) is 0 Å². The lowest BCUT2D eigenvalue weighted by Gasteiger charge is -2.19. The fourth-order valence-electron chi connectivity index (χ4n) is 2.02. The summed E-state index contributed by atoms with van der Waals surface area (Å²) in [5, 5.41) is 0. The smallest absolute Gasteiger partial charge is 0.120 e. The van der Waals surface area contributed by atoms with E-state index in [1.165, 1.54) is 25.7 Å². The van der Waals surface area contributed by atoms with Gasteiger partial charge in [-0.1, -0.05) is 31.9 Å². The summed E-state index contributed by atoms with van der Waals surface area (Å²) in [7, 11) is 0. The standard InChI is InChI=1S/C12H20O/c1-3-12(2)8-7-11(10-12)6-4-5-9-13/h6,9H,3-5,7-8,10H2,1-2H3/b11-6-. The molecule has 0 spiro atoms. The second kappa shape index (κ2) is 4.59. The monoisotopic (exact) mass is 180 g/mol. The molecular formula is C12H20O. The average molecular weight is 180 g/mol. The van der Waals surface area contributed by atoms with E-state index in [0.717, 1.165) is 12.7 Å². The molecule has 1 aliphatic carbocycles. The van der Waals surface area contributed by atoms with Crippen LogP contribution in [0, 0.1) is 5.41 Å². The lowest BCUT2D eigenvalue weighted by Crippen LogP contribution is -2.07. The molecule has 1 fully saturated rings. The largest absolute Gasteiger partial charge is 0.303 e. The second-order valence-electron chi connectivity index (χ2n) is 4.45. The van der Waals surface area contributed by atoms with E-state index in [9.17, 15) is 4.79 Å². The van der Waals surface area contributed by atoms with Gasteiger partial charge in [0.2, 0.25) is 0 Å². The molecule has 74 valence electrons. The molecule has 0 N–H and O–H groups in total. The first kappa shape index (κ1) is 10.5. The first-order chi connectivity index (χ1) is 6.20. The van der Waals surface area contributed by atoms with E-state index in [1.807, 2.05) is 0 Å². The van der Waals surface area contributed by atoms with Crippen molar-refractivity contribution in [1.29, 1.82) is 0 Å². The number of allylic oxidation sites excluding steroid dienone is 2. The lowest BCUT2D eigenvalue weighted by atomic mass is 9.86. The van der Waals surface area contributed by atoms with Crippen molar-refractivity contribution < 1.29 is 4.79 Å². The first-order valence-corrected chi connectivity index (χ1v) is 5.32. The molecule has 0 amide bonds. The van der Waals surface area contributed by atoms with Gasteiger partial charge in [0.25, 0.3) is 0 Å². The maximum atomic E-state index is 10.1. The van der Waals surface area contributed by atoms with E-state index in [4.69, 9.17) is 0 Å². The van der Waals surface area contributed by atoms with E-state index < -0.39 is 0 Å². The summed E-state index contributed by atoms with van der Waals surface area (Å²) in [6.07, 6.45) is 10.0. The molecule has 13 heavy (non-hydrogen) atoms. The Morgan fingerprint density at radius 1 is 1.46 bits per heavy atom. The van der Waals surface area contributed by atoms with Crippen molar-refractivity contribution in [2.24, 2.45) is 5.41 Å². The predicted octanol–water partition coefficient (Wildman–Crippen LogP) is 3.49. The molecule has 1 heteroatoms. The van der Waals surface area contributed by atoms with Crippen LogP contribution in [-0.4, -0.2) is 6.29 Å². The molecule has 0 saturated heterocycles. The van der Waals surface area contributed by atoms with E-state index >= 15 is 0 Å². The third kappa shape index (κ3) is 2.98. The van der Waals surface area contributed by atoms with Crippen molar-refractivity contribution in [2.45, 2.75) is 52.4 Å². The molecule has 1 saturated carbocycles. The normalized spacial score (nSPS) is 31.1. The number of hydrogen-bond acceptors (Lipinski definition) is 1. The summed E-state index contributed by atoms with van der Waals surface area (Å²) in [5.41, 5.74) is 2.12. The summed E-state index contributed by atoms with van der Waals surface area (Å²) in [6, 6.07) is 0. The van der Waals surface area contributed by atoms with Crippen LogP contribution in [0.4, 0.5) is 0 Å². The Hall–Kier alpha value is -0.590. The van der Waals surface area contributed by atoms with E-state index in [0.29, 0.717) is 11.8 Å². The molecule has 1 unspecified atom stereocenters. The molecular weight excluding hydrogens is 160 g/mol. The van der Waals surface area contributed by atoms with E-state index in [-0.39, 0.29) is 0 Å². The number of carbonyl (C=O) groups is 1. The lowest BCUT2D eigenvalue weighted by molar-refractivity contribution is -0.107. The highest BCUT2D eigenvalue weighted by molar-refractivity contribution is 5.49. The van der Waals surface area contributed by atoms with Crippen LogP contribution in [0.2, 0.25) is 0 Å². The summed E-state index contributed by atoms with van der Waals surface area (Å²) in [4.78, 5) is 10.1. The predicted molar refractivity (Wildman–Crippen MR) is 55.6 cm³/mol. The van der Waals surface area contributed by atoms with Crippen molar-refractivity contribution >= 4 is 6.29 Å². The molecule has 1 aliphatic rings. The van der Waals surface area contributed by atoms with Gasteiger partial charge in [-0.2, -0.15) is 0 Å². The van der Waals surface area contributed by atoms with E-state index in [2.05, 4.69) is 19.9 Å². The van der Waals surface area contributed by atoms with Crippen LogP contribution in [0.15, 0.2) is 11.6 Å². The molecule has 1 rings (SSSR count). The molecule has 0 heterocycles. The Morgan fingerprint density at radius 3 is 2.77 bits per heavy atom. The highest BCUT2D eigenvalue weighted by atomic mass is 16.1. The van der Waals surface area contributed by atoms with Gasteiger partial charge >= 0.3 is 0 Å². The number of unbranched alkanes of at least 4 members (excludes halogenated alkanes) is 1. The molecule has 0 radical (unpaired) electrons. The zero-order chi connectivity index (χ0) is 9.73. The molecule has 0 bridgehead atoms. The molecule has 1 nitrogen and oxygen atoms in total. The van der Waals surface area contributed by atoms with Crippen LogP contribution >= 0.6 is 0 Å². The Kier molecular flexibility index (Phi) is 3.71. The topological polar surface area (TPSA) is 17.1 Å². The van der Waals surface area contributed by atoms with Gasteiger partial charge in [-0.05, 0) is 31.1 Å². The second-order valence-corrected chi connectivity index (χ2v) is 4.45. The van der Waals surface area contributed by atoms with Crippen LogP contribution in [0.25, 0.3) is 0 Å². The minimum Gasteiger partial charge on any atom is -0.303 e. The zero-order valence-electron chi connectivity index (χ0n) is 8.81. The number of hydrogen-bond donors (Lipinski definition) is 0. The number of rotatable bonds is 4. The zero-order valence-corrected chi connectivity index (χ0v) is 8.81. The molecule has 0 aromatic heterocycles. The van der Waals surface area contributed by atoms with Crippen molar-refractivity contribution in [3.8, 4) is 0 Å². The Labute approximate surface area is 81.2 Å². The minimum atomic E-state index is 0.549. The van der Waals surface area contributed by atoms with Gasteiger partial charge in [0, 0.05) is 6.42 Å². The van der Waals surface area contributed by atoms with Crippen molar-refractivity contribution in [3.63, 3.8) is 0 Å². The fraction of sp³-hybridized carbons (Fsp3) is 0.750. The fourth-order valence-corrected chi connectivity index (χ4v) is 2.02. The highest BCUT2D eigenvalue weighted by Crippen LogP contribution is 2.43. The molecule has 1 atom stereocenters. The highest BCUT2D eigenvalue weighted by Gasteiger charge is 2.29. The average Bonchev–Trinajstić information content (AvgIpc) is 2.50. The van der Waals surface area contributed by atoms with Crippen LogP contribution < -0.4 is 0 Å². The van der Waals surface area contributed by atoms with Gasteiger partial charge in [-0.3, -0.25) is 0 Å².